The Labute approximate surface area is 142 Å². The molecule has 3 rings (SSSR count). The lowest BCUT2D eigenvalue weighted by molar-refractivity contribution is -0.384. The molecule has 0 aliphatic carbocycles. The van der Waals surface area contributed by atoms with Crippen LogP contribution in [0.1, 0.15) is 11.3 Å². The Morgan fingerprint density at radius 2 is 2.00 bits per heavy atom. The van der Waals surface area contributed by atoms with E-state index < -0.39 is 4.92 Å². The lowest BCUT2D eigenvalue weighted by Gasteiger charge is -2.05. The van der Waals surface area contributed by atoms with Gasteiger partial charge in [-0.1, -0.05) is 29.3 Å². The minimum atomic E-state index is -0.513. The molecule has 2 aromatic carbocycles. The normalized spacial score (nSPS) is 10.6. The Morgan fingerprint density at radius 1 is 1.25 bits per heavy atom. The molecule has 0 fully saturated rings. The number of benzene rings is 2. The molecule has 0 aliphatic rings. The number of nitrogens with zero attached hydrogens (tertiary/aromatic N) is 2. The van der Waals surface area contributed by atoms with Crippen LogP contribution in [0.2, 0.25) is 5.02 Å². The van der Waals surface area contributed by atoms with Gasteiger partial charge in [-0.2, -0.15) is 0 Å². The molecule has 6 nitrogen and oxygen atoms in total. The van der Waals surface area contributed by atoms with Crippen molar-refractivity contribution < 1.29 is 14.1 Å². The number of aromatic nitrogens is 1. The maximum Gasteiger partial charge on any atom is 0.271 e. The van der Waals surface area contributed by atoms with Gasteiger partial charge in [-0.05, 0) is 25.1 Å². The van der Waals surface area contributed by atoms with Crippen molar-refractivity contribution in [2.24, 2.45) is 0 Å². The maximum absolute atomic E-state index is 10.7. The maximum atomic E-state index is 10.7. The lowest BCUT2D eigenvalue weighted by Crippen LogP contribution is -1.97. The van der Waals surface area contributed by atoms with E-state index in [1.54, 1.807) is 0 Å². The summed E-state index contributed by atoms with van der Waals surface area (Å²) in [5.74, 6) is 0.852. The van der Waals surface area contributed by atoms with Gasteiger partial charge in [-0.15, -0.1) is 0 Å². The first-order valence-corrected chi connectivity index (χ1v) is 7.49. The third-order valence-electron chi connectivity index (χ3n) is 3.35. The molecule has 0 bridgehead atoms. The van der Waals surface area contributed by atoms with Crippen LogP contribution in [0.4, 0.5) is 5.69 Å². The highest BCUT2D eigenvalue weighted by Crippen LogP contribution is 2.29. The van der Waals surface area contributed by atoms with E-state index in [9.17, 15) is 10.1 Å². The minimum absolute atomic E-state index is 0.0876. The van der Waals surface area contributed by atoms with Gasteiger partial charge in [0.1, 0.15) is 24.3 Å². The number of oxazole rings is 1. The molecule has 0 atom stereocenters. The molecule has 24 heavy (non-hydrogen) atoms. The summed E-state index contributed by atoms with van der Waals surface area (Å²) in [6.07, 6.45) is 1.51. The summed E-state index contributed by atoms with van der Waals surface area (Å²) in [5.41, 5.74) is 2.54. The van der Waals surface area contributed by atoms with Crippen LogP contribution in [0.15, 0.2) is 53.1 Å². The first-order chi connectivity index (χ1) is 11.5. The monoisotopic (exact) mass is 344 g/mol. The van der Waals surface area contributed by atoms with Gasteiger partial charge in [0.15, 0.2) is 0 Å². The van der Waals surface area contributed by atoms with Gasteiger partial charge >= 0.3 is 0 Å². The highest BCUT2D eigenvalue weighted by Gasteiger charge is 2.12. The van der Waals surface area contributed by atoms with Crippen LogP contribution in [0.5, 0.6) is 5.75 Å². The molecular weight excluding hydrogens is 332 g/mol. The number of nitro groups is 1. The van der Waals surface area contributed by atoms with Crippen LogP contribution in [0.25, 0.3) is 11.5 Å². The average Bonchev–Trinajstić information content (AvgIpc) is 3.03. The van der Waals surface area contributed by atoms with Crippen LogP contribution in [0.3, 0.4) is 0 Å². The molecule has 0 saturated heterocycles. The Hall–Kier alpha value is -2.86. The highest BCUT2D eigenvalue weighted by atomic mass is 35.5. The minimum Gasteiger partial charge on any atom is -0.486 e. The fourth-order valence-corrected chi connectivity index (χ4v) is 2.30. The van der Waals surface area contributed by atoms with Gasteiger partial charge in [0.25, 0.3) is 5.69 Å². The number of aryl methyl sites for hydroxylation is 1. The van der Waals surface area contributed by atoms with Crippen molar-refractivity contribution in [2.45, 2.75) is 13.5 Å². The van der Waals surface area contributed by atoms with Crippen molar-refractivity contribution in [3.63, 3.8) is 0 Å². The third-order valence-corrected chi connectivity index (χ3v) is 3.65. The van der Waals surface area contributed by atoms with E-state index in [1.807, 2.05) is 31.2 Å². The zero-order valence-electron chi connectivity index (χ0n) is 12.7. The third kappa shape index (κ3) is 3.55. The van der Waals surface area contributed by atoms with E-state index in [-0.39, 0.29) is 17.3 Å². The van der Waals surface area contributed by atoms with Gasteiger partial charge in [-0.3, -0.25) is 10.1 Å². The largest absolute Gasteiger partial charge is 0.486 e. The van der Waals surface area contributed by atoms with Crippen molar-refractivity contribution in [1.82, 2.24) is 4.98 Å². The van der Waals surface area contributed by atoms with Crippen LogP contribution < -0.4 is 4.74 Å². The molecule has 0 radical (unpaired) electrons. The number of rotatable bonds is 5. The Morgan fingerprint density at radius 3 is 2.67 bits per heavy atom. The number of nitro benzene ring substituents is 1. The average molecular weight is 345 g/mol. The van der Waals surface area contributed by atoms with Crippen molar-refractivity contribution in [3.8, 4) is 17.2 Å². The number of non-ortho nitro benzene ring substituents is 1. The van der Waals surface area contributed by atoms with Crippen molar-refractivity contribution in [1.29, 1.82) is 0 Å². The van der Waals surface area contributed by atoms with Gasteiger partial charge in [0.05, 0.1) is 9.95 Å². The second-order valence-corrected chi connectivity index (χ2v) is 5.58. The highest BCUT2D eigenvalue weighted by molar-refractivity contribution is 6.32. The molecule has 0 N–H and O–H groups in total. The van der Waals surface area contributed by atoms with E-state index in [0.29, 0.717) is 17.3 Å². The first-order valence-electron chi connectivity index (χ1n) is 7.11. The summed E-state index contributed by atoms with van der Waals surface area (Å²) >= 11 is 5.98. The van der Waals surface area contributed by atoms with E-state index in [4.69, 9.17) is 20.8 Å². The van der Waals surface area contributed by atoms with Crippen molar-refractivity contribution >= 4 is 17.3 Å². The van der Waals surface area contributed by atoms with Gasteiger partial charge in [-0.25, -0.2) is 4.98 Å². The van der Waals surface area contributed by atoms with Crippen LogP contribution in [-0.2, 0) is 6.61 Å². The van der Waals surface area contributed by atoms with Crippen LogP contribution >= 0.6 is 11.6 Å². The predicted octanol–water partition coefficient (Wildman–Crippen LogP) is 4.79. The van der Waals surface area contributed by atoms with Crippen molar-refractivity contribution in [2.75, 3.05) is 0 Å². The van der Waals surface area contributed by atoms with E-state index in [1.165, 1.54) is 24.5 Å². The van der Waals surface area contributed by atoms with Crippen LogP contribution in [0, 0.1) is 17.0 Å². The molecule has 122 valence electrons. The number of hydrogen-bond donors (Lipinski definition) is 0. The predicted molar refractivity (Wildman–Crippen MR) is 89.1 cm³/mol. The summed E-state index contributed by atoms with van der Waals surface area (Å²) in [7, 11) is 0. The fraction of sp³-hybridized carbons (Fsp3) is 0.118. The second kappa shape index (κ2) is 6.72. The Balaban J connectivity index is 1.69. The standard InChI is InChI=1S/C17H13ClN2O4/c1-11-2-4-12(5-3-11)17-19-13(10-24-17)9-23-16-7-6-14(20(21)22)8-15(16)18/h2-8,10H,9H2,1H3. The quantitative estimate of drug-likeness (QED) is 0.491. The fourth-order valence-electron chi connectivity index (χ4n) is 2.07. The molecule has 1 heterocycles. The molecule has 0 unspecified atom stereocenters. The Bertz CT molecular complexity index is 875. The molecule has 0 amide bonds. The number of hydrogen-bond acceptors (Lipinski definition) is 5. The SMILES string of the molecule is Cc1ccc(-c2nc(COc3ccc([N+](=O)[O-])cc3Cl)co2)cc1. The van der Waals surface area contributed by atoms with Crippen LogP contribution in [-0.4, -0.2) is 9.91 Å². The summed E-state index contributed by atoms with van der Waals surface area (Å²) < 4.78 is 11.0. The summed E-state index contributed by atoms with van der Waals surface area (Å²) in [4.78, 5) is 14.5. The molecule has 0 saturated carbocycles. The molecule has 0 aliphatic heterocycles. The Kier molecular flexibility index (Phi) is 4.48. The molecule has 1 aromatic heterocycles. The topological polar surface area (TPSA) is 78.4 Å². The zero-order valence-corrected chi connectivity index (χ0v) is 13.5. The summed E-state index contributed by atoms with van der Waals surface area (Å²) in [5, 5.41) is 10.9. The van der Waals surface area contributed by atoms with Gasteiger partial charge < -0.3 is 9.15 Å². The zero-order chi connectivity index (χ0) is 17.1. The van der Waals surface area contributed by atoms with E-state index in [0.717, 1.165) is 11.1 Å². The lowest BCUT2D eigenvalue weighted by atomic mass is 10.1. The molecule has 0 spiro atoms. The second-order valence-electron chi connectivity index (χ2n) is 5.17. The molecule has 3 aromatic rings. The number of ether oxygens (including phenoxy) is 1. The molecule has 7 heteroatoms. The van der Waals surface area contributed by atoms with E-state index in [2.05, 4.69) is 4.98 Å². The number of halogens is 1. The van der Waals surface area contributed by atoms with Gasteiger partial charge in [0.2, 0.25) is 5.89 Å². The summed E-state index contributed by atoms with van der Waals surface area (Å²) in [6, 6.07) is 11.9. The molecular formula is C17H13ClN2O4. The van der Waals surface area contributed by atoms with E-state index >= 15 is 0 Å². The summed E-state index contributed by atoms with van der Waals surface area (Å²) in [6.45, 7) is 2.15. The smallest absolute Gasteiger partial charge is 0.271 e. The van der Waals surface area contributed by atoms with Crippen molar-refractivity contribution in [3.05, 3.63) is 75.1 Å². The first kappa shape index (κ1) is 16.0. The van der Waals surface area contributed by atoms with Gasteiger partial charge in [0, 0.05) is 17.7 Å².